The lowest BCUT2D eigenvalue weighted by molar-refractivity contribution is 1.29. The van der Waals surface area contributed by atoms with E-state index in [1.54, 1.807) is 0 Å². The highest BCUT2D eigenvalue weighted by Crippen LogP contribution is 1.99. The molecule has 0 saturated heterocycles. The van der Waals surface area contributed by atoms with Crippen LogP contribution in [0.4, 0.5) is 0 Å². The third kappa shape index (κ3) is 3.96. The average Bonchev–Trinajstić information content (AvgIpc) is 1.82. The fourth-order valence-corrected chi connectivity index (χ4v) is 0.399. The molecule has 10 heavy (non-hydrogen) atoms. The second-order valence-corrected chi connectivity index (χ2v) is 2.65. The predicted octanol–water partition coefficient (Wildman–Crippen LogP) is 2.37. The Morgan fingerprint density at radius 3 is 2.00 bits per heavy atom. The SMILES string of the molecule is C=C(C)/C(N)=C\C=C(C)C. The maximum Gasteiger partial charge on any atom is 0.0337 e. The molecule has 0 aliphatic carbocycles. The highest BCUT2D eigenvalue weighted by molar-refractivity contribution is 5.27. The quantitative estimate of drug-likeness (QED) is 0.581. The standard InChI is InChI=1S/C9H15N/c1-7(2)5-6-9(10)8(3)4/h5-6H,3,10H2,1-2,4H3/b9-6+. The van der Waals surface area contributed by atoms with Crippen molar-refractivity contribution in [1.82, 2.24) is 0 Å². The molecule has 2 N–H and O–H groups in total. The van der Waals surface area contributed by atoms with Crippen molar-refractivity contribution in [3.63, 3.8) is 0 Å². The number of hydrogen-bond acceptors (Lipinski definition) is 1. The Morgan fingerprint density at radius 2 is 1.70 bits per heavy atom. The molecule has 1 heteroatoms. The minimum atomic E-state index is 0.751. The van der Waals surface area contributed by atoms with Gasteiger partial charge in [-0.2, -0.15) is 0 Å². The van der Waals surface area contributed by atoms with E-state index >= 15 is 0 Å². The first-order chi connectivity index (χ1) is 4.54. The molecule has 0 aromatic heterocycles. The molecular formula is C9H15N. The first-order valence-electron chi connectivity index (χ1n) is 3.30. The number of allylic oxidation sites excluding steroid dienone is 4. The van der Waals surface area contributed by atoms with Crippen LogP contribution in [0.1, 0.15) is 20.8 Å². The van der Waals surface area contributed by atoms with Crippen LogP contribution in [0.2, 0.25) is 0 Å². The maximum absolute atomic E-state index is 5.58. The van der Waals surface area contributed by atoms with Gasteiger partial charge in [-0.25, -0.2) is 0 Å². The molecule has 0 fully saturated rings. The number of hydrogen-bond donors (Lipinski definition) is 1. The molecule has 0 spiro atoms. The normalized spacial score (nSPS) is 10.9. The highest BCUT2D eigenvalue weighted by Gasteiger charge is 1.85. The van der Waals surface area contributed by atoms with E-state index in [-0.39, 0.29) is 0 Å². The van der Waals surface area contributed by atoms with Crippen LogP contribution in [-0.2, 0) is 0 Å². The molecule has 0 saturated carbocycles. The summed E-state index contributed by atoms with van der Waals surface area (Å²) in [4.78, 5) is 0. The van der Waals surface area contributed by atoms with Gasteiger partial charge >= 0.3 is 0 Å². The lowest BCUT2D eigenvalue weighted by atomic mass is 10.2. The molecule has 0 aromatic rings. The summed E-state index contributed by atoms with van der Waals surface area (Å²) in [6.45, 7) is 9.66. The predicted molar refractivity (Wildman–Crippen MR) is 46.5 cm³/mol. The van der Waals surface area contributed by atoms with Crippen LogP contribution >= 0.6 is 0 Å². The topological polar surface area (TPSA) is 26.0 Å². The molecule has 0 atom stereocenters. The van der Waals surface area contributed by atoms with Gasteiger partial charge in [0.15, 0.2) is 0 Å². The van der Waals surface area contributed by atoms with Gasteiger partial charge < -0.3 is 5.73 Å². The summed E-state index contributed by atoms with van der Waals surface area (Å²) in [6, 6.07) is 0. The molecule has 0 aliphatic heterocycles. The first-order valence-corrected chi connectivity index (χ1v) is 3.30. The molecule has 0 bridgehead atoms. The average molecular weight is 137 g/mol. The van der Waals surface area contributed by atoms with Gasteiger partial charge in [-0.15, -0.1) is 0 Å². The van der Waals surface area contributed by atoms with E-state index in [1.165, 1.54) is 5.57 Å². The van der Waals surface area contributed by atoms with E-state index in [9.17, 15) is 0 Å². The second-order valence-electron chi connectivity index (χ2n) is 2.65. The van der Waals surface area contributed by atoms with Crippen molar-refractivity contribution >= 4 is 0 Å². The van der Waals surface area contributed by atoms with Crippen LogP contribution in [-0.4, -0.2) is 0 Å². The van der Waals surface area contributed by atoms with Crippen molar-refractivity contribution in [3.8, 4) is 0 Å². The van der Waals surface area contributed by atoms with Crippen LogP contribution in [0.3, 0.4) is 0 Å². The zero-order valence-corrected chi connectivity index (χ0v) is 6.94. The summed E-state index contributed by atoms with van der Waals surface area (Å²) in [7, 11) is 0. The molecule has 0 aliphatic rings. The van der Waals surface area contributed by atoms with Gasteiger partial charge in [0.25, 0.3) is 0 Å². The minimum absolute atomic E-state index is 0.751. The zero-order chi connectivity index (χ0) is 8.15. The van der Waals surface area contributed by atoms with Crippen molar-refractivity contribution in [1.29, 1.82) is 0 Å². The van der Waals surface area contributed by atoms with E-state index in [0.717, 1.165) is 11.3 Å². The summed E-state index contributed by atoms with van der Waals surface area (Å²) in [5, 5.41) is 0. The molecule has 0 heterocycles. The maximum atomic E-state index is 5.58. The van der Waals surface area contributed by atoms with Gasteiger partial charge in [0.1, 0.15) is 0 Å². The minimum Gasteiger partial charge on any atom is -0.399 e. The van der Waals surface area contributed by atoms with Crippen LogP contribution in [0, 0.1) is 0 Å². The summed E-state index contributed by atoms with van der Waals surface area (Å²) in [5.41, 5.74) is 8.49. The van der Waals surface area contributed by atoms with E-state index < -0.39 is 0 Å². The van der Waals surface area contributed by atoms with E-state index in [1.807, 2.05) is 32.9 Å². The third-order valence-electron chi connectivity index (χ3n) is 1.09. The lowest BCUT2D eigenvalue weighted by Gasteiger charge is -1.95. The Bertz CT molecular complexity index is 181. The van der Waals surface area contributed by atoms with Crippen molar-refractivity contribution in [2.45, 2.75) is 20.8 Å². The van der Waals surface area contributed by atoms with Gasteiger partial charge in [-0.05, 0) is 32.4 Å². The Hall–Kier alpha value is -0.980. The van der Waals surface area contributed by atoms with Crippen molar-refractivity contribution in [2.24, 2.45) is 5.73 Å². The third-order valence-corrected chi connectivity index (χ3v) is 1.09. The largest absolute Gasteiger partial charge is 0.399 e. The molecule has 56 valence electrons. The first kappa shape index (κ1) is 9.02. The van der Waals surface area contributed by atoms with Crippen LogP contribution in [0.5, 0.6) is 0 Å². The highest BCUT2D eigenvalue weighted by atomic mass is 14.6. The van der Waals surface area contributed by atoms with Crippen LogP contribution in [0.15, 0.2) is 35.6 Å². The van der Waals surface area contributed by atoms with E-state index in [4.69, 9.17) is 5.73 Å². The Balaban J connectivity index is 4.19. The van der Waals surface area contributed by atoms with E-state index in [2.05, 4.69) is 6.58 Å². The molecule has 0 unspecified atom stereocenters. The summed E-state index contributed by atoms with van der Waals surface area (Å²) < 4.78 is 0. The monoisotopic (exact) mass is 137 g/mol. The fraction of sp³-hybridized carbons (Fsp3) is 0.333. The number of rotatable bonds is 2. The Morgan fingerprint density at radius 1 is 1.20 bits per heavy atom. The molecule has 1 nitrogen and oxygen atoms in total. The fourth-order valence-electron chi connectivity index (χ4n) is 0.399. The van der Waals surface area contributed by atoms with Crippen molar-refractivity contribution < 1.29 is 0 Å². The molecule has 0 amide bonds. The van der Waals surface area contributed by atoms with Crippen molar-refractivity contribution in [3.05, 3.63) is 35.6 Å². The van der Waals surface area contributed by atoms with Crippen LogP contribution in [0.25, 0.3) is 0 Å². The van der Waals surface area contributed by atoms with Gasteiger partial charge in [-0.1, -0.05) is 18.2 Å². The molecule has 0 aromatic carbocycles. The van der Waals surface area contributed by atoms with Crippen molar-refractivity contribution in [2.75, 3.05) is 0 Å². The zero-order valence-electron chi connectivity index (χ0n) is 6.94. The number of nitrogens with two attached hydrogens (primary N) is 1. The molecule has 0 rings (SSSR count). The van der Waals surface area contributed by atoms with Gasteiger partial charge in [0.2, 0.25) is 0 Å². The molecular weight excluding hydrogens is 122 g/mol. The lowest BCUT2D eigenvalue weighted by Crippen LogP contribution is -1.96. The summed E-state index contributed by atoms with van der Waals surface area (Å²) in [5.74, 6) is 0. The molecule has 0 radical (unpaired) electrons. The van der Waals surface area contributed by atoms with Crippen LogP contribution < -0.4 is 5.73 Å². The summed E-state index contributed by atoms with van der Waals surface area (Å²) in [6.07, 6.45) is 3.85. The van der Waals surface area contributed by atoms with Gasteiger partial charge in [0, 0.05) is 5.70 Å². The second kappa shape index (κ2) is 3.94. The smallest absolute Gasteiger partial charge is 0.0337 e. The van der Waals surface area contributed by atoms with E-state index in [0.29, 0.717) is 0 Å². The van der Waals surface area contributed by atoms with Gasteiger partial charge in [0.05, 0.1) is 0 Å². The Kier molecular flexibility index (Phi) is 3.55. The Labute approximate surface area is 62.9 Å². The summed E-state index contributed by atoms with van der Waals surface area (Å²) >= 11 is 0. The van der Waals surface area contributed by atoms with Gasteiger partial charge in [-0.3, -0.25) is 0 Å².